The summed E-state index contributed by atoms with van der Waals surface area (Å²) in [6, 6.07) is 1.22. The zero-order valence-corrected chi connectivity index (χ0v) is 17.8. The molecule has 12 heteroatoms. The largest absolute Gasteiger partial charge is 0.416 e. The summed E-state index contributed by atoms with van der Waals surface area (Å²) in [5.41, 5.74) is -3.80. The molecule has 0 aliphatic heterocycles. The van der Waals surface area contributed by atoms with E-state index in [-0.39, 0.29) is 17.5 Å². The number of benzene rings is 1. The molecule has 0 saturated carbocycles. The van der Waals surface area contributed by atoms with Gasteiger partial charge in [-0.3, -0.25) is 9.84 Å². The third kappa shape index (κ3) is 7.59. The first-order valence-corrected chi connectivity index (χ1v) is 9.70. The molecule has 32 heavy (non-hydrogen) atoms. The molecule has 2 aromatic rings. The fourth-order valence-electron chi connectivity index (χ4n) is 2.73. The SMILES string of the molecule is C=[N+](CCCCc1nc(-c2cc(C(F)(F)F)cc(C(F)(F)F)c2)n[nH]1)C(O)OC(C)(C)C. The number of H-pyrrole nitrogens is 1. The maximum Gasteiger partial charge on any atom is 0.416 e. The van der Waals surface area contributed by atoms with Gasteiger partial charge in [0.05, 0.1) is 16.7 Å². The highest BCUT2D eigenvalue weighted by molar-refractivity contribution is 5.58. The van der Waals surface area contributed by atoms with Crippen LogP contribution < -0.4 is 0 Å². The van der Waals surface area contributed by atoms with Crippen LogP contribution >= 0.6 is 0 Å². The quantitative estimate of drug-likeness (QED) is 0.195. The summed E-state index contributed by atoms with van der Waals surface area (Å²) >= 11 is 0. The van der Waals surface area contributed by atoms with Crippen LogP contribution in [0.5, 0.6) is 0 Å². The standard InChI is InChI=1S/C20H25F6N4O2/c1-18(2,3)32-17(31)30(4)8-6-5-7-15-27-16(29-28-15)12-9-13(19(21,22)23)11-14(10-12)20(24,25)26/h9-11,17,31H,4-8H2,1-3H3,(H,27,28,29)/q+1. The van der Waals surface area contributed by atoms with Crippen LogP contribution in [0, 0.1) is 0 Å². The molecule has 1 aromatic heterocycles. The van der Waals surface area contributed by atoms with Crippen molar-refractivity contribution in [2.24, 2.45) is 0 Å². The molecule has 0 spiro atoms. The first kappa shape index (κ1) is 25.8. The van der Waals surface area contributed by atoms with Crippen molar-refractivity contribution in [3.05, 3.63) is 35.2 Å². The molecular formula is C20H25F6N4O2+. The molecule has 1 atom stereocenters. The third-order valence-electron chi connectivity index (χ3n) is 4.26. The molecule has 0 aliphatic rings. The molecule has 178 valence electrons. The fourth-order valence-corrected chi connectivity index (χ4v) is 2.73. The van der Waals surface area contributed by atoms with E-state index in [1.54, 1.807) is 20.8 Å². The van der Waals surface area contributed by atoms with Crippen molar-refractivity contribution in [1.82, 2.24) is 15.2 Å². The Hall–Kier alpha value is -2.47. The van der Waals surface area contributed by atoms with Gasteiger partial charge in [-0.15, -0.1) is 0 Å². The number of aromatic amines is 1. The van der Waals surface area contributed by atoms with Gasteiger partial charge in [0, 0.05) is 18.4 Å². The second kappa shape index (κ2) is 9.57. The van der Waals surface area contributed by atoms with Crippen LogP contribution in [0.25, 0.3) is 11.4 Å². The number of aromatic nitrogens is 3. The van der Waals surface area contributed by atoms with Crippen molar-refractivity contribution in [3.8, 4) is 11.4 Å². The zero-order valence-electron chi connectivity index (χ0n) is 17.8. The number of nitrogens with one attached hydrogen (secondary N) is 1. The number of aliphatic hydroxyl groups is 1. The molecule has 1 heterocycles. The predicted octanol–water partition coefficient (Wildman–Crippen LogP) is 4.64. The highest BCUT2D eigenvalue weighted by Crippen LogP contribution is 2.38. The Morgan fingerprint density at radius 2 is 1.59 bits per heavy atom. The van der Waals surface area contributed by atoms with E-state index in [1.807, 2.05) is 0 Å². The van der Waals surface area contributed by atoms with Gasteiger partial charge < -0.3 is 5.11 Å². The molecule has 0 radical (unpaired) electrons. The Balaban J connectivity index is 2.03. The number of unbranched alkanes of at least 4 members (excludes halogenated alkanes) is 1. The molecule has 1 aromatic carbocycles. The van der Waals surface area contributed by atoms with E-state index in [1.165, 1.54) is 4.58 Å². The van der Waals surface area contributed by atoms with E-state index in [9.17, 15) is 31.4 Å². The molecule has 2 rings (SSSR count). The molecule has 0 amide bonds. The summed E-state index contributed by atoms with van der Waals surface area (Å²) in [5, 5.41) is 16.2. The zero-order chi connectivity index (χ0) is 24.3. The van der Waals surface area contributed by atoms with E-state index in [0.29, 0.717) is 43.8 Å². The monoisotopic (exact) mass is 467 g/mol. The Morgan fingerprint density at radius 3 is 2.09 bits per heavy atom. The van der Waals surface area contributed by atoms with E-state index < -0.39 is 35.5 Å². The van der Waals surface area contributed by atoms with E-state index in [4.69, 9.17) is 4.74 Å². The van der Waals surface area contributed by atoms with Gasteiger partial charge >= 0.3 is 18.8 Å². The Morgan fingerprint density at radius 1 is 1.03 bits per heavy atom. The molecule has 0 fully saturated rings. The fraction of sp³-hybridized carbons (Fsp3) is 0.550. The third-order valence-corrected chi connectivity index (χ3v) is 4.26. The summed E-state index contributed by atoms with van der Waals surface area (Å²) in [4.78, 5) is 4.02. The second-order valence-electron chi connectivity index (χ2n) is 8.23. The van der Waals surface area contributed by atoms with Gasteiger partial charge in [-0.2, -0.15) is 36.0 Å². The minimum absolute atomic E-state index is 0.0550. The lowest BCUT2D eigenvalue weighted by Crippen LogP contribution is -2.35. The van der Waals surface area contributed by atoms with E-state index in [0.717, 1.165) is 0 Å². The van der Waals surface area contributed by atoms with Crippen molar-refractivity contribution in [2.45, 2.75) is 64.4 Å². The number of rotatable bonds is 8. The average molecular weight is 467 g/mol. The molecule has 0 aliphatic carbocycles. The van der Waals surface area contributed by atoms with Crippen LogP contribution in [-0.4, -0.2) is 50.1 Å². The number of halogens is 6. The van der Waals surface area contributed by atoms with Crippen LogP contribution in [0.2, 0.25) is 0 Å². The van der Waals surface area contributed by atoms with E-state index >= 15 is 0 Å². The van der Waals surface area contributed by atoms with Crippen molar-refractivity contribution in [3.63, 3.8) is 0 Å². The number of hydrogen-bond acceptors (Lipinski definition) is 4. The highest BCUT2D eigenvalue weighted by Gasteiger charge is 2.37. The van der Waals surface area contributed by atoms with Gasteiger partial charge in [0.15, 0.2) is 5.82 Å². The van der Waals surface area contributed by atoms with Gasteiger partial charge in [0.25, 0.3) is 0 Å². The average Bonchev–Trinajstić information content (AvgIpc) is 3.11. The van der Waals surface area contributed by atoms with Crippen LogP contribution in [0.3, 0.4) is 0 Å². The lowest BCUT2D eigenvalue weighted by Gasteiger charge is -2.21. The van der Waals surface area contributed by atoms with Crippen LogP contribution in [0.1, 0.15) is 50.6 Å². The first-order valence-electron chi connectivity index (χ1n) is 9.70. The van der Waals surface area contributed by atoms with Crippen LogP contribution in [0.4, 0.5) is 26.3 Å². The summed E-state index contributed by atoms with van der Waals surface area (Å²) < 4.78 is 84.9. The number of aryl methyl sites for hydroxylation is 1. The molecular weight excluding hydrogens is 442 g/mol. The maximum atomic E-state index is 13.0. The lowest BCUT2D eigenvalue weighted by atomic mass is 10.0. The molecule has 6 nitrogen and oxygen atoms in total. The molecule has 0 saturated heterocycles. The minimum atomic E-state index is -4.95. The smallest absolute Gasteiger partial charge is 0.313 e. The van der Waals surface area contributed by atoms with Gasteiger partial charge in [0.1, 0.15) is 19.1 Å². The highest BCUT2D eigenvalue weighted by atomic mass is 19.4. The van der Waals surface area contributed by atoms with Gasteiger partial charge in [-0.1, -0.05) is 0 Å². The molecule has 0 bridgehead atoms. The number of aliphatic hydroxyl groups excluding tert-OH is 1. The van der Waals surface area contributed by atoms with Gasteiger partial charge in [0.2, 0.25) is 0 Å². The van der Waals surface area contributed by atoms with Crippen molar-refractivity contribution in [1.29, 1.82) is 0 Å². The number of alkyl halides is 6. The van der Waals surface area contributed by atoms with Gasteiger partial charge in [-0.05, 0) is 45.4 Å². The van der Waals surface area contributed by atoms with Crippen molar-refractivity contribution >= 4 is 6.72 Å². The van der Waals surface area contributed by atoms with Crippen LogP contribution in [-0.2, 0) is 23.5 Å². The minimum Gasteiger partial charge on any atom is -0.313 e. The lowest BCUT2D eigenvalue weighted by molar-refractivity contribution is -0.661. The Labute approximate surface area is 180 Å². The van der Waals surface area contributed by atoms with Gasteiger partial charge in [-0.25, -0.2) is 4.98 Å². The Bertz CT molecular complexity index is 899. The summed E-state index contributed by atoms with van der Waals surface area (Å²) in [5.74, 6) is 0.0532. The Kier molecular flexibility index (Phi) is 7.71. The van der Waals surface area contributed by atoms with Crippen molar-refractivity contribution < 1.29 is 40.8 Å². The summed E-state index contributed by atoms with van der Waals surface area (Å²) in [7, 11) is 0. The normalized spacial score (nSPS) is 13.9. The first-order chi connectivity index (χ1) is 14.6. The van der Waals surface area contributed by atoms with Crippen LogP contribution in [0.15, 0.2) is 18.2 Å². The molecule has 2 N–H and O–H groups in total. The number of ether oxygens (including phenoxy) is 1. The summed E-state index contributed by atoms with van der Waals surface area (Å²) in [6.45, 7) is 9.45. The second-order valence-corrected chi connectivity index (χ2v) is 8.23. The summed E-state index contributed by atoms with van der Waals surface area (Å²) in [6.07, 6.45) is -9.60. The predicted molar refractivity (Wildman–Crippen MR) is 104 cm³/mol. The molecule has 1 unspecified atom stereocenters. The van der Waals surface area contributed by atoms with Crippen molar-refractivity contribution in [2.75, 3.05) is 6.54 Å². The maximum absolute atomic E-state index is 13.0. The number of hydrogen-bond donors (Lipinski definition) is 2. The van der Waals surface area contributed by atoms with E-state index in [2.05, 4.69) is 21.9 Å². The number of nitrogens with zero attached hydrogens (tertiary/aromatic N) is 3. The topological polar surface area (TPSA) is 74.0 Å².